The molecule has 1 N–H and O–H groups in total. The summed E-state index contributed by atoms with van der Waals surface area (Å²) in [6, 6.07) is 5.42. The van der Waals surface area contributed by atoms with Crippen LogP contribution in [0.1, 0.15) is 35.2 Å². The van der Waals surface area contributed by atoms with Crippen LogP contribution in [0.25, 0.3) is 0 Å². The lowest BCUT2D eigenvalue weighted by Crippen LogP contribution is -2.44. The lowest BCUT2D eigenvalue weighted by Gasteiger charge is -2.38. The molecule has 1 aromatic rings. The molecule has 0 unspecified atom stereocenters. The Morgan fingerprint density at radius 3 is 2.67 bits per heavy atom. The summed E-state index contributed by atoms with van der Waals surface area (Å²) in [5, 5.41) is 3.50. The summed E-state index contributed by atoms with van der Waals surface area (Å²) in [7, 11) is 0. The molecule has 0 saturated carbocycles. The molecule has 2 aliphatic heterocycles. The Morgan fingerprint density at radius 1 is 1.33 bits per heavy atom. The first kappa shape index (κ1) is 14.4. The zero-order valence-electron chi connectivity index (χ0n) is 12.1. The number of hydrogen-bond acceptors (Lipinski definition) is 2. The Labute approximate surface area is 129 Å². The zero-order valence-corrected chi connectivity index (χ0v) is 12.9. The van der Waals surface area contributed by atoms with Gasteiger partial charge in [-0.2, -0.15) is 0 Å². The molecular formula is C16H19ClN2O2. The van der Waals surface area contributed by atoms with Crippen LogP contribution in [0.4, 0.5) is 0 Å². The Morgan fingerprint density at radius 2 is 2.05 bits per heavy atom. The van der Waals surface area contributed by atoms with E-state index in [1.165, 1.54) is 0 Å². The highest BCUT2D eigenvalue weighted by molar-refractivity contribution is 6.31. The summed E-state index contributed by atoms with van der Waals surface area (Å²) >= 11 is 6.00. The fourth-order valence-electron chi connectivity index (χ4n) is 3.28. The topological polar surface area (TPSA) is 49.4 Å². The lowest BCUT2D eigenvalue weighted by molar-refractivity contribution is -0.119. The van der Waals surface area contributed by atoms with Crippen molar-refractivity contribution in [3.8, 4) is 0 Å². The number of carbonyl (C=O) groups excluding carboxylic acids is 2. The molecule has 5 heteroatoms. The van der Waals surface area contributed by atoms with Crippen LogP contribution in [0.15, 0.2) is 18.2 Å². The largest absolute Gasteiger partial charge is 0.356 e. The normalized spacial score (nSPS) is 20.7. The van der Waals surface area contributed by atoms with Gasteiger partial charge in [-0.25, -0.2) is 0 Å². The first-order chi connectivity index (χ1) is 9.99. The summed E-state index contributed by atoms with van der Waals surface area (Å²) in [5.41, 5.74) is 1.69. The number of amides is 2. The summed E-state index contributed by atoms with van der Waals surface area (Å²) in [6.45, 7) is 4.10. The minimum absolute atomic E-state index is 0.0436. The first-order valence-electron chi connectivity index (χ1n) is 7.31. The molecular weight excluding hydrogens is 288 g/mol. The third kappa shape index (κ3) is 2.77. The van der Waals surface area contributed by atoms with Gasteiger partial charge in [0.05, 0.1) is 0 Å². The molecule has 1 spiro atoms. The van der Waals surface area contributed by atoms with Gasteiger partial charge in [-0.3, -0.25) is 9.59 Å². The number of aryl methyl sites for hydroxylation is 1. The second-order valence-corrected chi connectivity index (χ2v) is 6.64. The molecule has 0 radical (unpaired) electrons. The van der Waals surface area contributed by atoms with Gasteiger partial charge in [0.25, 0.3) is 5.91 Å². The van der Waals surface area contributed by atoms with E-state index in [1.807, 2.05) is 17.9 Å². The maximum atomic E-state index is 12.6. The molecule has 3 rings (SSSR count). The Bertz CT molecular complexity index is 592. The minimum Gasteiger partial charge on any atom is -0.356 e. The van der Waals surface area contributed by atoms with E-state index in [0.717, 1.165) is 24.9 Å². The van der Waals surface area contributed by atoms with E-state index >= 15 is 0 Å². The van der Waals surface area contributed by atoms with E-state index in [1.54, 1.807) is 12.1 Å². The van der Waals surface area contributed by atoms with Crippen molar-refractivity contribution in [1.29, 1.82) is 0 Å². The number of hydrogen-bond donors (Lipinski definition) is 1. The quantitative estimate of drug-likeness (QED) is 0.866. The van der Waals surface area contributed by atoms with Gasteiger partial charge in [0, 0.05) is 36.6 Å². The standard InChI is InChI=1S/C16H19ClN2O2/c1-11-2-3-12(17)8-13(11)15(21)19-6-4-16(5-7-19)9-14(20)18-10-16/h2-3,8H,4-7,9-10H2,1H3,(H,18,20). The molecule has 0 aliphatic carbocycles. The van der Waals surface area contributed by atoms with Crippen LogP contribution in [-0.4, -0.2) is 36.3 Å². The molecule has 1 aromatic carbocycles. The molecule has 2 amide bonds. The van der Waals surface area contributed by atoms with Crippen molar-refractivity contribution < 1.29 is 9.59 Å². The number of nitrogens with zero attached hydrogens (tertiary/aromatic N) is 1. The van der Waals surface area contributed by atoms with Gasteiger partial charge in [-0.15, -0.1) is 0 Å². The van der Waals surface area contributed by atoms with E-state index in [-0.39, 0.29) is 17.2 Å². The average Bonchev–Trinajstić information content (AvgIpc) is 2.83. The molecule has 2 saturated heterocycles. The Balaban J connectivity index is 1.70. The van der Waals surface area contributed by atoms with Gasteiger partial charge in [0.2, 0.25) is 5.91 Å². The zero-order chi connectivity index (χ0) is 15.0. The number of carbonyl (C=O) groups is 2. The first-order valence-corrected chi connectivity index (χ1v) is 7.69. The minimum atomic E-state index is 0.0436. The third-order valence-electron chi connectivity index (χ3n) is 4.74. The Kier molecular flexibility index (Phi) is 3.66. The van der Waals surface area contributed by atoms with Crippen LogP contribution in [-0.2, 0) is 4.79 Å². The molecule has 2 heterocycles. The number of nitrogens with one attached hydrogen (secondary N) is 1. The number of rotatable bonds is 1. The van der Waals surface area contributed by atoms with E-state index in [2.05, 4.69) is 5.32 Å². The van der Waals surface area contributed by atoms with Gasteiger partial charge < -0.3 is 10.2 Å². The van der Waals surface area contributed by atoms with E-state index < -0.39 is 0 Å². The predicted octanol–water partition coefficient (Wildman–Crippen LogP) is 2.39. The van der Waals surface area contributed by atoms with Crippen molar-refractivity contribution in [3.63, 3.8) is 0 Å². The maximum Gasteiger partial charge on any atom is 0.254 e. The molecule has 21 heavy (non-hydrogen) atoms. The van der Waals surface area contributed by atoms with Crippen LogP contribution in [0.3, 0.4) is 0 Å². The second kappa shape index (κ2) is 5.34. The van der Waals surface area contributed by atoms with E-state index in [4.69, 9.17) is 11.6 Å². The summed E-state index contributed by atoms with van der Waals surface area (Å²) in [5.74, 6) is 0.183. The highest BCUT2D eigenvalue weighted by Crippen LogP contribution is 2.37. The number of piperidine rings is 1. The van der Waals surface area contributed by atoms with E-state index in [0.29, 0.717) is 30.1 Å². The smallest absolute Gasteiger partial charge is 0.254 e. The average molecular weight is 307 g/mol. The monoisotopic (exact) mass is 306 g/mol. The van der Waals surface area contributed by atoms with Crippen LogP contribution >= 0.6 is 11.6 Å². The summed E-state index contributed by atoms with van der Waals surface area (Å²) < 4.78 is 0. The SMILES string of the molecule is Cc1ccc(Cl)cc1C(=O)N1CCC2(CC1)CNC(=O)C2. The van der Waals surface area contributed by atoms with Gasteiger partial charge in [0.1, 0.15) is 0 Å². The molecule has 0 bridgehead atoms. The number of likely N-dealkylation sites (tertiary alicyclic amines) is 1. The van der Waals surface area contributed by atoms with Crippen molar-refractivity contribution in [2.75, 3.05) is 19.6 Å². The molecule has 0 aromatic heterocycles. The predicted molar refractivity (Wildman–Crippen MR) is 81.4 cm³/mol. The molecule has 0 atom stereocenters. The van der Waals surface area contributed by atoms with Crippen molar-refractivity contribution in [3.05, 3.63) is 34.3 Å². The highest BCUT2D eigenvalue weighted by atomic mass is 35.5. The van der Waals surface area contributed by atoms with Crippen LogP contribution < -0.4 is 5.32 Å². The van der Waals surface area contributed by atoms with Gasteiger partial charge in [-0.1, -0.05) is 17.7 Å². The van der Waals surface area contributed by atoms with Gasteiger partial charge >= 0.3 is 0 Å². The molecule has 112 valence electrons. The van der Waals surface area contributed by atoms with Crippen LogP contribution in [0.5, 0.6) is 0 Å². The fourth-order valence-corrected chi connectivity index (χ4v) is 3.46. The molecule has 2 aliphatic rings. The Hall–Kier alpha value is -1.55. The number of benzene rings is 1. The van der Waals surface area contributed by atoms with E-state index in [9.17, 15) is 9.59 Å². The van der Waals surface area contributed by atoms with Crippen LogP contribution in [0.2, 0.25) is 5.02 Å². The van der Waals surface area contributed by atoms with Crippen LogP contribution in [0, 0.1) is 12.3 Å². The third-order valence-corrected chi connectivity index (χ3v) is 4.97. The number of halogens is 1. The highest BCUT2D eigenvalue weighted by Gasteiger charge is 2.41. The summed E-state index contributed by atoms with van der Waals surface area (Å²) in [4.78, 5) is 25.9. The molecule has 4 nitrogen and oxygen atoms in total. The van der Waals surface area contributed by atoms with Gasteiger partial charge in [-0.05, 0) is 42.9 Å². The summed E-state index contributed by atoms with van der Waals surface area (Å²) in [6.07, 6.45) is 2.37. The molecule has 2 fully saturated rings. The van der Waals surface area contributed by atoms with Crippen molar-refractivity contribution >= 4 is 23.4 Å². The fraction of sp³-hybridized carbons (Fsp3) is 0.500. The van der Waals surface area contributed by atoms with Crippen molar-refractivity contribution in [1.82, 2.24) is 10.2 Å². The maximum absolute atomic E-state index is 12.6. The van der Waals surface area contributed by atoms with Gasteiger partial charge in [0.15, 0.2) is 0 Å². The lowest BCUT2D eigenvalue weighted by atomic mass is 9.77. The van der Waals surface area contributed by atoms with Crippen molar-refractivity contribution in [2.24, 2.45) is 5.41 Å². The second-order valence-electron chi connectivity index (χ2n) is 6.20. The van der Waals surface area contributed by atoms with Crippen molar-refractivity contribution in [2.45, 2.75) is 26.2 Å².